The number of fused-ring (bicyclic) bond motifs is 1. The first-order chi connectivity index (χ1) is 10.1. The highest BCUT2D eigenvalue weighted by Crippen LogP contribution is 2.20. The van der Waals surface area contributed by atoms with Crippen LogP contribution in [0.25, 0.3) is 0 Å². The summed E-state index contributed by atoms with van der Waals surface area (Å²) in [6.45, 7) is 7.07. The predicted octanol–water partition coefficient (Wildman–Crippen LogP) is 1.40. The predicted molar refractivity (Wildman–Crippen MR) is 82.0 cm³/mol. The normalized spacial score (nSPS) is 17.9. The van der Waals surface area contributed by atoms with Crippen LogP contribution in [-0.4, -0.2) is 28.0 Å². The van der Waals surface area contributed by atoms with E-state index in [-0.39, 0.29) is 5.91 Å². The Bertz CT molecular complexity index is 517. The molecule has 1 saturated carbocycles. The van der Waals surface area contributed by atoms with Gasteiger partial charge in [0.05, 0.1) is 5.69 Å². The van der Waals surface area contributed by atoms with Gasteiger partial charge in [-0.3, -0.25) is 4.79 Å². The molecule has 1 aliphatic carbocycles. The van der Waals surface area contributed by atoms with Crippen molar-refractivity contribution in [1.82, 2.24) is 20.2 Å². The summed E-state index contributed by atoms with van der Waals surface area (Å²) in [5.41, 5.74) is 2.52. The van der Waals surface area contributed by atoms with Crippen molar-refractivity contribution in [3.8, 4) is 0 Å². The molecule has 1 fully saturated rings. The molecule has 0 aromatic carbocycles. The van der Waals surface area contributed by atoms with Crippen LogP contribution in [0.4, 0.5) is 0 Å². The molecule has 0 saturated heterocycles. The number of carbonyl (C=O) groups is 1. The van der Waals surface area contributed by atoms with Gasteiger partial charge in [-0.1, -0.05) is 13.8 Å². The third-order valence-corrected chi connectivity index (χ3v) is 4.16. The van der Waals surface area contributed by atoms with Crippen LogP contribution in [0, 0.1) is 5.92 Å². The standard InChI is InChI=1S/C16H26N4O/c1-11(2)9-15-19-13-10-17-7-5-14(13)20(15)8-6-16(21)18-12-3-4-12/h11-12,17H,3-10H2,1-2H3,(H,18,21). The molecule has 0 atom stereocenters. The minimum Gasteiger partial charge on any atom is -0.353 e. The van der Waals surface area contributed by atoms with Crippen LogP contribution in [0.2, 0.25) is 0 Å². The molecule has 21 heavy (non-hydrogen) atoms. The Morgan fingerprint density at radius 2 is 2.29 bits per heavy atom. The van der Waals surface area contributed by atoms with Crippen LogP contribution in [0.5, 0.6) is 0 Å². The second-order valence-electron chi connectivity index (χ2n) is 6.69. The lowest BCUT2D eigenvalue weighted by molar-refractivity contribution is -0.121. The van der Waals surface area contributed by atoms with Gasteiger partial charge in [0.25, 0.3) is 0 Å². The first-order valence-electron chi connectivity index (χ1n) is 8.20. The maximum absolute atomic E-state index is 11.9. The fourth-order valence-corrected chi connectivity index (χ4v) is 2.95. The lowest BCUT2D eigenvalue weighted by Crippen LogP contribution is -2.28. The van der Waals surface area contributed by atoms with Crippen molar-refractivity contribution in [2.45, 2.75) is 65.1 Å². The van der Waals surface area contributed by atoms with Gasteiger partial charge < -0.3 is 15.2 Å². The molecule has 0 bridgehead atoms. The molecule has 5 heteroatoms. The molecule has 0 radical (unpaired) electrons. The Kier molecular flexibility index (Phi) is 4.29. The zero-order valence-corrected chi connectivity index (χ0v) is 13.1. The maximum atomic E-state index is 11.9. The van der Waals surface area contributed by atoms with E-state index in [9.17, 15) is 4.79 Å². The summed E-state index contributed by atoms with van der Waals surface area (Å²) in [6.07, 6.45) is 4.87. The molecule has 2 aliphatic rings. The van der Waals surface area contributed by atoms with Crippen molar-refractivity contribution >= 4 is 5.91 Å². The molecule has 3 rings (SSSR count). The summed E-state index contributed by atoms with van der Waals surface area (Å²) in [4.78, 5) is 16.7. The van der Waals surface area contributed by atoms with E-state index in [2.05, 4.69) is 29.0 Å². The van der Waals surface area contributed by atoms with Gasteiger partial charge in [-0.2, -0.15) is 0 Å². The van der Waals surface area contributed by atoms with Crippen molar-refractivity contribution in [3.05, 3.63) is 17.2 Å². The summed E-state index contributed by atoms with van der Waals surface area (Å²) in [7, 11) is 0. The number of carbonyl (C=O) groups excluding carboxylic acids is 1. The second-order valence-corrected chi connectivity index (χ2v) is 6.69. The number of hydrogen-bond acceptors (Lipinski definition) is 3. The maximum Gasteiger partial charge on any atom is 0.222 e. The number of aromatic nitrogens is 2. The Morgan fingerprint density at radius 1 is 1.48 bits per heavy atom. The van der Waals surface area contributed by atoms with Crippen LogP contribution in [0.15, 0.2) is 0 Å². The molecule has 0 spiro atoms. The lowest BCUT2D eigenvalue weighted by Gasteiger charge is -2.16. The zero-order valence-electron chi connectivity index (χ0n) is 13.1. The summed E-state index contributed by atoms with van der Waals surface area (Å²) < 4.78 is 2.31. The van der Waals surface area contributed by atoms with E-state index in [0.717, 1.165) is 51.1 Å². The Balaban J connectivity index is 1.71. The average Bonchev–Trinajstić information content (AvgIpc) is 3.17. The first kappa shape index (κ1) is 14.6. The summed E-state index contributed by atoms with van der Waals surface area (Å²) in [6, 6.07) is 0.452. The molecule has 5 nitrogen and oxygen atoms in total. The third kappa shape index (κ3) is 3.64. The number of amides is 1. The lowest BCUT2D eigenvalue weighted by atomic mass is 10.1. The van der Waals surface area contributed by atoms with Gasteiger partial charge in [0.1, 0.15) is 5.82 Å². The quantitative estimate of drug-likeness (QED) is 0.832. The molecule has 1 aliphatic heterocycles. The topological polar surface area (TPSA) is 59.0 Å². The fourth-order valence-electron chi connectivity index (χ4n) is 2.95. The van der Waals surface area contributed by atoms with E-state index in [1.54, 1.807) is 0 Å². The minimum absolute atomic E-state index is 0.185. The second kappa shape index (κ2) is 6.18. The molecule has 116 valence electrons. The van der Waals surface area contributed by atoms with E-state index in [1.165, 1.54) is 11.4 Å². The third-order valence-electron chi connectivity index (χ3n) is 4.16. The van der Waals surface area contributed by atoms with Crippen LogP contribution in [0.1, 0.15) is 50.3 Å². The summed E-state index contributed by atoms with van der Waals surface area (Å²) in [5, 5.41) is 6.45. The largest absolute Gasteiger partial charge is 0.353 e. The first-order valence-corrected chi connectivity index (χ1v) is 8.20. The van der Waals surface area contributed by atoms with Gasteiger partial charge in [-0.15, -0.1) is 0 Å². The van der Waals surface area contributed by atoms with E-state index < -0.39 is 0 Å². The van der Waals surface area contributed by atoms with E-state index in [4.69, 9.17) is 4.98 Å². The van der Waals surface area contributed by atoms with Crippen LogP contribution >= 0.6 is 0 Å². The Labute approximate surface area is 126 Å². The van der Waals surface area contributed by atoms with Crippen molar-refractivity contribution in [2.75, 3.05) is 6.54 Å². The zero-order chi connectivity index (χ0) is 14.8. The van der Waals surface area contributed by atoms with Gasteiger partial charge in [0.15, 0.2) is 0 Å². The van der Waals surface area contributed by atoms with Gasteiger partial charge in [0.2, 0.25) is 5.91 Å². The number of rotatable bonds is 6. The highest BCUT2D eigenvalue weighted by molar-refractivity contribution is 5.76. The van der Waals surface area contributed by atoms with E-state index >= 15 is 0 Å². The fraction of sp³-hybridized carbons (Fsp3) is 0.750. The molecule has 0 unspecified atom stereocenters. The highest BCUT2D eigenvalue weighted by Gasteiger charge is 2.24. The van der Waals surface area contributed by atoms with Crippen molar-refractivity contribution in [3.63, 3.8) is 0 Å². The monoisotopic (exact) mass is 290 g/mol. The van der Waals surface area contributed by atoms with Gasteiger partial charge >= 0.3 is 0 Å². The SMILES string of the molecule is CC(C)Cc1nc2c(n1CCC(=O)NC1CC1)CCNC2. The van der Waals surface area contributed by atoms with Crippen LogP contribution in [-0.2, 0) is 30.7 Å². The number of hydrogen-bond donors (Lipinski definition) is 2. The molecule has 2 heterocycles. The number of imidazole rings is 1. The van der Waals surface area contributed by atoms with Crippen LogP contribution in [0.3, 0.4) is 0 Å². The van der Waals surface area contributed by atoms with Gasteiger partial charge in [0, 0.05) is 50.6 Å². The molecular weight excluding hydrogens is 264 g/mol. The Morgan fingerprint density at radius 3 is 3.00 bits per heavy atom. The smallest absolute Gasteiger partial charge is 0.222 e. The molecule has 2 N–H and O–H groups in total. The van der Waals surface area contributed by atoms with E-state index in [0.29, 0.717) is 18.4 Å². The minimum atomic E-state index is 0.185. The highest BCUT2D eigenvalue weighted by atomic mass is 16.1. The van der Waals surface area contributed by atoms with E-state index in [1.807, 2.05) is 0 Å². The number of nitrogens with zero attached hydrogens (tertiary/aromatic N) is 2. The summed E-state index contributed by atoms with van der Waals surface area (Å²) >= 11 is 0. The molecular formula is C16H26N4O. The van der Waals surface area contributed by atoms with Crippen molar-refractivity contribution in [2.24, 2.45) is 5.92 Å². The van der Waals surface area contributed by atoms with Gasteiger partial charge in [-0.25, -0.2) is 4.98 Å². The number of nitrogens with one attached hydrogen (secondary N) is 2. The Hall–Kier alpha value is -1.36. The van der Waals surface area contributed by atoms with Crippen molar-refractivity contribution < 1.29 is 4.79 Å². The average molecular weight is 290 g/mol. The van der Waals surface area contributed by atoms with Crippen molar-refractivity contribution in [1.29, 1.82) is 0 Å². The summed E-state index contributed by atoms with van der Waals surface area (Å²) in [5.74, 6) is 1.92. The van der Waals surface area contributed by atoms with Crippen LogP contribution < -0.4 is 10.6 Å². The molecule has 1 amide bonds. The molecule has 1 aromatic rings. The molecule has 1 aromatic heterocycles. The van der Waals surface area contributed by atoms with Gasteiger partial charge in [-0.05, 0) is 18.8 Å².